The average Bonchev–Trinajstić information content (AvgIpc) is 3.54. The van der Waals surface area contributed by atoms with Crippen LogP contribution in [0.15, 0.2) is 55.0 Å². The number of hydrogen-bond acceptors (Lipinski definition) is 7. The number of hydrogen-bond donors (Lipinski definition) is 2. The van der Waals surface area contributed by atoms with Crippen molar-refractivity contribution in [1.82, 2.24) is 30.0 Å². The van der Waals surface area contributed by atoms with E-state index in [0.717, 1.165) is 46.3 Å². The Bertz CT molecular complexity index is 1200. The molecule has 33 heavy (non-hydrogen) atoms. The number of thiazole rings is 1. The van der Waals surface area contributed by atoms with E-state index < -0.39 is 0 Å². The van der Waals surface area contributed by atoms with Crippen LogP contribution in [0.2, 0.25) is 0 Å². The van der Waals surface area contributed by atoms with Gasteiger partial charge < -0.3 is 10.2 Å². The van der Waals surface area contributed by atoms with E-state index in [4.69, 9.17) is 4.98 Å². The first-order valence-corrected chi connectivity index (χ1v) is 12.0. The molecule has 0 unspecified atom stereocenters. The molecule has 9 heteroatoms. The molecule has 2 N–H and O–H groups in total. The molecule has 1 fully saturated rings. The second-order valence-corrected chi connectivity index (χ2v) is 9.03. The van der Waals surface area contributed by atoms with Gasteiger partial charge in [0.05, 0.1) is 10.6 Å². The maximum Gasteiger partial charge on any atom is 0.226 e. The summed E-state index contributed by atoms with van der Waals surface area (Å²) in [6, 6.07) is 13.8. The van der Waals surface area contributed by atoms with E-state index >= 15 is 0 Å². The fourth-order valence-corrected chi connectivity index (χ4v) is 5.02. The summed E-state index contributed by atoms with van der Waals surface area (Å²) in [6.45, 7) is 2.96. The lowest BCUT2D eigenvalue weighted by Gasteiger charge is -2.25. The van der Waals surface area contributed by atoms with E-state index in [1.165, 1.54) is 36.9 Å². The van der Waals surface area contributed by atoms with Gasteiger partial charge in [0.25, 0.3) is 0 Å². The summed E-state index contributed by atoms with van der Waals surface area (Å²) in [6.07, 6.45) is 7.40. The number of amides is 1. The molecule has 5 rings (SSSR count). The molecule has 0 bridgehead atoms. The maximum atomic E-state index is 12.5. The molecule has 0 aliphatic carbocycles. The van der Waals surface area contributed by atoms with Gasteiger partial charge in [0.1, 0.15) is 17.2 Å². The van der Waals surface area contributed by atoms with Crippen LogP contribution in [-0.4, -0.2) is 55.6 Å². The number of aromatic amines is 1. The van der Waals surface area contributed by atoms with Crippen LogP contribution in [0, 0.1) is 0 Å². The Labute approximate surface area is 196 Å². The van der Waals surface area contributed by atoms with Crippen molar-refractivity contribution in [1.29, 1.82) is 0 Å². The van der Waals surface area contributed by atoms with Crippen LogP contribution in [0.3, 0.4) is 0 Å². The molecular weight excluding hydrogens is 434 g/mol. The zero-order chi connectivity index (χ0) is 22.5. The normalized spacial score (nSPS) is 14.3. The standard InChI is InChI=1S/C24H25N7OS/c32-20(10-14-31-12-5-2-6-13-31)28-19-15-18(9-11-25-19)24-29-21(17-7-3-1-4-8-17)22(33-24)23-26-16-27-30-23/h1,3-4,7-9,11,15-16H,2,5-6,10,12-14H2,(H,25,28,32)(H,26,27,30). The second-order valence-electron chi connectivity index (χ2n) is 8.03. The summed E-state index contributed by atoms with van der Waals surface area (Å²) in [5, 5.41) is 10.7. The van der Waals surface area contributed by atoms with Gasteiger partial charge in [-0.15, -0.1) is 11.3 Å². The van der Waals surface area contributed by atoms with Gasteiger partial charge in [-0.05, 0) is 38.1 Å². The van der Waals surface area contributed by atoms with E-state index in [2.05, 4.69) is 30.4 Å². The maximum absolute atomic E-state index is 12.5. The number of nitrogens with one attached hydrogen (secondary N) is 2. The number of likely N-dealkylation sites (tertiary alicyclic amines) is 1. The monoisotopic (exact) mass is 459 g/mol. The minimum Gasteiger partial charge on any atom is -0.311 e. The van der Waals surface area contributed by atoms with Crippen LogP contribution < -0.4 is 5.32 Å². The van der Waals surface area contributed by atoms with Crippen LogP contribution in [0.4, 0.5) is 5.82 Å². The Balaban J connectivity index is 1.35. The molecule has 1 aliphatic heterocycles. The third-order valence-corrected chi connectivity index (χ3v) is 6.79. The average molecular weight is 460 g/mol. The van der Waals surface area contributed by atoms with Gasteiger partial charge in [-0.2, -0.15) is 5.10 Å². The fraction of sp³-hybridized carbons (Fsp3) is 0.292. The fourth-order valence-electron chi connectivity index (χ4n) is 3.99. The highest BCUT2D eigenvalue weighted by molar-refractivity contribution is 7.18. The number of aromatic nitrogens is 5. The molecule has 8 nitrogen and oxygen atoms in total. The Morgan fingerprint density at radius 1 is 1.06 bits per heavy atom. The molecule has 0 atom stereocenters. The highest BCUT2D eigenvalue weighted by atomic mass is 32.1. The van der Waals surface area contributed by atoms with E-state index in [1.807, 2.05) is 42.5 Å². The lowest BCUT2D eigenvalue weighted by Crippen LogP contribution is -2.32. The first kappa shape index (κ1) is 21.4. The minimum absolute atomic E-state index is 0.0170. The molecule has 4 heterocycles. The van der Waals surface area contributed by atoms with Crippen molar-refractivity contribution in [3.05, 3.63) is 55.0 Å². The third-order valence-electron chi connectivity index (χ3n) is 5.68. The smallest absolute Gasteiger partial charge is 0.226 e. The predicted molar refractivity (Wildman–Crippen MR) is 130 cm³/mol. The summed E-state index contributed by atoms with van der Waals surface area (Å²) in [4.78, 5) is 29.3. The molecule has 0 radical (unpaired) electrons. The number of piperidine rings is 1. The van der Waals surface area contributed by atoms with Crippen molar-refractivity contribution >= 4 is 23.1 Å². The summed E-state index contributed by atoms with van der Waals surface area (Å²) in [7, 11) is 0. The largest absolute Gasteiger partial charge is 0.311 e. The van der Waals surface area contributed by atoms with Crippen molar-refractivity contribution < 1.29 is 4.79 Å². The first-order valence-electron chi connectivity index (χ1n) is 11.2. The number of H-pyrrole nitrogens is 1. The lowest BCUT2D eigenvalue weighted by molar-refractivity contribution is -0.116. The molecule has 1 aromatic carbocycles. The summed E-state index contributed by atoms with van der Waals surface area (Å²) >= 11 is 1.53. The number of carbonyl (C=O) groups is 1. The van der Waals surface area contributed by atoms with Crippen LogP contribution in [0.5, 0.6) is 0 Å². The summed E-state index contributed by atoms with van der Waals surface area (Å²) in [5.41, 5.74) is 2.74. The lowest BCUT2D eigenvalue weighted by atomic mass is 10.1. The van der Waals surface area contributed by atoms with E-state index in [1.54, 1.807) is 6.20 Å². The number of benzene rings is 1. The highest BCUT2D eigenvalue weighted by Crippen LogP contribution is 2.39. The number of nitrogens with zero attached hydrogens (tertiary/aromatic N) is 5. The van der Waals surface area contributed by atoms with Gasteiger partial charge in [-0.3, -0.25) is 9.89 Å². The molecule has 168 valence electrons. The summed E-state index contributed by atoms with van der Waals surface area (Å²) < 4.78 is 0. The molecule has 1 saturated heterocycles. The van der Waals surface area contributed by atoms with Gasteiger partial charge in [-0.1, -0.05) is 36.8 Å². The number of carbonyl (C=O) groups excluding carboxylic acids is 1. The molecule has 1 amide bonds. The predicted octanol–water partition coefficient (Wildman–Crippen LogP) is 4.47. The van der Waals surface area contributed by atoms with Gasteiger partial charge in [0.2, 0.25) is 5.91 Å². The van der Waals surface area contributed by atoms with Crippen LogP contribution in [-0.2, 0) is 4.79 Å². The zero-order valence-corrected chi connectivity index (χ0v) is 19.0. The second kappa shape index (κ2) is 10.0. The Morgan fingerprint density at radius 2 is 1.91 bits per heavy atom. The molecule has 4 aromatic rings. The Morgan fingerprint density at radius 3 is 2.70 bits per heavy atom. The van der Waals surface area contributed by atoms with Crippen molar-refractivity contribution in [2.75, 3.05) is 25.0 Å². The molecule has 0 saturated carbocycles. The number of anilines is 1. The molecular formula is C24H25N7OS. The highest BCUT2D eigenvalue weighted by Gasteiger charge is 2.18. The van der Waals surface area contributed by atoms with Crippen LogP contribution >= 0.6 is 11.3 Å². The van der Waals surface area contributed by atoms with E-state index in [9.17, 15) is 4.79 Å². The van der Waals surface area contributed by atoms with Crippen molar-refractivity contribution in [3.8, 4) is 32.5 Å². The van der Waals surface area contributed by atoms with Crippen LogP contribution in [0.25, 0.3) is 32.5 Å². The molecule has 1 aliphatic rings. The van der Waals surface area contributed by atoms with Crippen molar-refractivity contribution in [3.63, 3.8) is 0 Å². The Kier molecular flexibility index (Phi) is 6.50. The van der Waals surface area contributed by atoms with E-state index in [0.29, 0.717) is 18.1 Å². The number of rotatable bonds is 7. The van der Waals surface area contributed by atoms with E-state index in [-0.39, 0.29) is 5.91 Å². The zero-order valence-electron chi connectivity index (χ0n) is 18.2. The van der Waals surface area contributed by atoms with Gasteiger partial charge >= 0.3 is 0 Å². The molecule has 3 aromatic heterocycles. The topological polar surface area (TPSA) is 99.7 Å². The Hall–Kier alpha value is -3.43. The van der Waals surface area contributed by atoms with Gasteiger partial charge in [-0.25, -0.2) is 15.0 Å². The third kappa shape index (κ3) is 5.15. The molecule has 0 spiro atoms. The van der Waals surface area contributed by atoms with Gasteiger partial charge in [0, 0.05) is 30.3 Å². The summed E-state index contributed by atoms with van der Waals surface area (Å²) in [5.74, 6) is 1.20. The quantitative estimate of drug-likeness (QED) is 0.423. The minimum atomic E-state index is -0.0170. The van der Waals surface area contributed by atoms with Crippen LogP contribution in [0.1, 0.15) is 25.7 Å². The van der Waals surface area contributed by atoms with Gasteiger partial charge in [0.15, 0.2) is 5.82 Å². The number of pyridine rings is 1. The van der Waals surface area contributed by atoms with Crippen molar-refractivity contribution in [2.24, 2.45) is 0 Å². The SMILES string of the molecule is O=C(CCN1CCCCC1)Nc1cc(-c2nc(-c3ccccc3)c(-c3ncn[nH]3)s2)ccn1. The van der Waals surface area contributed by atoms with Crippen molar-refractivity contribution in [2.45, 2.75) is 25.7 Å². The first-order chi connectivity index (χ1) is 16.3.